The number of carbonyl (C=O) groups excluding carboxylic acids is 2. The zero-order chi connectivity index (χ0) is 12.3. The van der Waals surface area contributed by atoms with Crippen LogP contribution in [0.2, 0.25) is 0 Å². The van der Waals surface area contributed by atoms with E-state index in [2.05, 4.69) is 10.3 Å². The number of hydrogen-bond acceptors (Lipinski definition) is 5. The van der Waals surface area contributed by atoms with Crippen molar-refractivity contribution >= 4 is 12.4 Å². The number of amides is 1. The Bertz CT molecular complexity index is 409. The summed E-state index contributed by atoms with van der Waals surface area (Å²) >= 11 is 0. The monoisotopic (exact) mass is 238 g/mol. The van der Waals surface area contributed by atoms with Crippen molar-refractivity contribution in [3.8, 4) is 0 Å². The lowest BCUT2D eigenvalue weighted by Crippen LogP contribution is -2.28. The molecular formula is C10H14N4O3. The van der Waals surface area contributed by atoms with Crippen LogP contribution in [0.25, 0.3) is 0 Å². The second-order valence-electron chi connectivity index (χ2n) is 4.11. The Balaban J connectivity index is 1.90. The lowest BCUT2D eigenvalue weighted by atomic mass is 9.93. The van der Waals surface area contributed by atoms with Crippen LogP contribution in [-0.2, 0) is 4.74 Å². The fraction of sp³-hybridized carbons (Fsp3) is 0.600. The Morgan fingerprint density at radius 3 is 2.71 bits per heavy atom. The highest BCUT2D eigenvalue weighted by atomic mass is 16.6. The highest BCUT2D eigenvalue weighted by molar-refractivity contribution is 5.70. The van der Waals surface area contributed by atoms with Gasteiger partial charge in [0.25, 0.3) is 0 Å². The number of aromatic nitrogens is 3. The van der Waals surface area contributed by atoms with E-state index >= 15 is 0 Å². The van der Waals surface area contributed by atoms with Crippen LogP contribution in [0.4, 0.5) is 4.79 Å². The molecule has 7 nitrogen and oxygen atoms in total. The van der Waals surface area contributed by atoms with Gasteiger partial charge in [-0.3, -0.25) is 4.79 Å². The van der Waals surface area contributed by atoms with Crippen molar-refractivity contribution in [2.45, 2.75) is 37.8 Å². The molecule has 0 saturated heterocycles. The lowest BCUT2D eigenvalue weighted by molar-refractivity contribution is 0.0706. The Kier molecular flexibility index (Phi) is 3.36. The number of ether oxygens (including phenoxy) is 1. The van der Waals surface area contributed by atoms with Crippen LogP contribution in [0.3, 0.4) is 0 Å². The summed E-state index contributed by atoms with van der Waals surface area (Å²) < 4.78 is 6.64. The molecule has 0 bridgehead atoms. The first-order valence-electron chi connectivity index (χ1n) is 5.52. The number of primary amides is 1. The fourth-order valence-electron chi connectivity index (χ4n) is 2.11. The van der Waals surface area contributed by atoms with Gasteiger partial charge in [-0.15, -0.1) is 5.10 Å². The number of carbonyl (C=O) groups is 2. The second kappa shape index (κ2) is 4.94. The Labute approximate surface area is 97.9 Å². The topological polar surface area (TPSA) is 100 Å². The first-order chi connectivity index (χ1) is 8.19. The van der Waals surface area contributed by atoms with Crippen molar-refractivity contribution in [1.29, 1.82) is 0 Å². The van der Waals surface area contributed by atoms with Gasteiger partial charge in [0.1, 0.15) is 11.8 Å². The van der Waals surface area contributed by atoms with Gasteiger partial charge >= 0.3 is 6.09 Å². The molecule has 7 heteroatoms. The van der Waals surface area contributed by atoms with Crippen LogP contribution >= 0.6 is 0 Å². The van der Waals surface area contributed by atoms with Gasteiger partial charge in [0.15, 0.2) is 6.29 Å². The predicted octanol–water partition coefficient (Wildman–Crippen LogP) is 0.670. The largest absolute Gasteiger partial charge is 0.446 e. The second-order valence-corrected chi connectivity index (χ2v) is 4.11. The normalized spacial score (nSPS) is 24.2. The molecule has 1 aliphatic carbocycles. The molecule has 0 aliphatic heterocycles. The Morgan fingerprint density at radius 2 is 2.18 bits per heavy atom. The van der Waals surface area contributed by atoms with Gasteiger partial charge in [-0.05, 0) is 25.7 Å². The van der Waals surface area contributed by atoms with E-state index in [1.165, 1.54) is 0 Å². The first kappa shape index (κ1) is 11.6. The van der Waals surface area contributed by atoms with Crippen LogP contribution in [0.1, 0.15) is 42.2 Å². The van der Waals surface area contributed by atoms with Crippen molar-refractivity contribution in [2.24, 2.45) is 5.73 Å². The van der Waals surface area contributed by atoms with E-state index in [0.29, 0.717) is 12.0 Å². The third-order valence-electron chi connectivity index (χ3n) is 2.95. The molecule has 1 heterocycles. The van der Waals surface area contributed by atoms with Crippen LogP contribution < -0.4 is 5.73 Å². The van der Waals surface area contributed by atoms with E-state index in [-0.39, 0.29) is 12.1 Å². The number of hydrogen-bond donors (Lipinski definition) is 1. The van der Waals surface area contributed by atoms with Crippen molar-refractivity contribution in [3.63, 3.8) is 0 Å². The fourth-order valence-corrected chi connectivity index (χ4v) is 2.11. The highest BCUT2D eigenvalue weighted by Crippen LogP contribution is 2.29. The summed E-state index contributed by atoms with van der Waals surface area (Å²) in [6.07, 6.45) is 4.65. The third-order valence-corrected chi connectivity index (χ3v) is 2.95. The number of rotatable bonds is 3. The zero-order valence-corrected chi connectivity index (χ0v) is 9.28. The number of nitrogens with two attached hydrogens (primary N) is 1. The van der Waals surface area contributed by atoms with Gasteiger partial charge in [-0.25, -0.2) is 9.48 Å². The molecule has 17 heavy (non-hydrogen) atoms. The van der Waals surface area contributed by atoms with Crippen LogP contribution in [-0.4, -0.2) is 33.5 Å². The molecular weight excluding hydrogens is 224 g/mol. The van der Waals surface area contributed by atoms with Gasteiger partial charge in [-0.2, -0.15) is 0 Å². The minimum absolute atomic E-state index is 0.0992. The maximum Gasteiger partial charge on any atom is 0.404 e. The summed E-state index contributed by atoms with van der Waals surface area (Å²) in [7, 11) is 0. The van der Waals surface area contributed by atoms with Crippen LogP contribution in [0.15, 0.2) is 6.20 Å². The average Bonchev–Trinajstić information content (AvgIpc) is 2.78. The summed E-state index contributed by atoms with van der Waals surface area (Å²) in [5.41, 5.74) is 5.30. The molecule has 1 aromatic heterocycles. The van der Waals surface area contributed by atoms with Crippen LogP contribution in [0.5, 0.6) is 0 Å². The summed E-state index contributed by atoms with van der Waals surface area (Å²) in [6, 6.07) is 0.212. The van der Waals surface area contributed by atoms with E-state index in [0.717, 1.165) is 25.7 Å². The third kappa shape index (κ3) is 2.80. The van der Waals surface area contributed by atoms with E-state index in [1.54, 1.807) is 10.9 Å². The molecule has 0 spiro atoms. The van der Waals surface area contributed by atoms with Crippen molar-refractivity contribution < 1.29 is 14.3 Å². The average molecular weight is 238 g/mol. The van der Waals surface area contributed by atoms with E-state index in [4.69, 9.17) is 10.5 Å². The molecule has 1 aliphatic rings. The van der Waals surface area contributed by atoms with E-state index < -0.39 is 6.09 Å². The molecule has 0 unspecified atom stereocenters. The predicted molar refractivity (Wildman–Crippen MR) is 57.4 cm³/mol. The SMILES string of the molecule is NC(=O)OC1CCC(n2cc(C=O)nn2)CC1. The van der Waals surface area contributed by atoms with E-state index in [9.17, 15) is 9.59 Å². The Morgan fingerprint density at radius 1 is 1.47 bits per heavy atom. The summed E-state index contributed by atoms with van der Waals surface area (Å²) in [5.74, 6) is 0. The number of aldehydes is 1. The summed E-state index contributed by atoms with van der Waals surface area (Å²) in [6.45, 7) is 0. The lowest BCUT2D eigenvalue weighted by Gasteiger charge is -2.27. The van der Waals surface area contributed by atoms with Gasteiger partial charge in [0.05, 0.1) is 12.2 Å². The maximum absolute atomic E-state index is 10.6. The molecule has 92 valence electrons. The minimum Gasteiger partial charge on any atom is -0.446 e. The molecule has 1 amide bonds. The Hall–Kier alpha value is -1.92. The molecule has 1 aromatic rings. The maximum atomic E-state index is 10.6. The summed E-state index contributed by atoms with van der Waals surface area (Å²) in [4.78, 5) is 21.1. The summed E-state index contributed by atoms with van der Waals surface area (Å²) in [5, 5.41) is 7.62. The van der Waals surface area contributed by atoms with Gasteiger partial charge < -0.3 is 10.5 Å². The minimum atomic E-state index is -0.725. The molecule has 1 fully saturated rings. The standard InChI is InChI=1S/C10H14N4O3/c11-10(16)17-9-3-1-8(2-4-9)14-5-7(6-15)12-13-14/h5-6,8-9H,1-4H2,(H2,11,16). The van der Waals surface area contributed by atoms with Gasteiger partial charge in [-0.1, -0.05) is 5.21 Å². The molecule has 0 atom stereocenters. The first-order valence-corrected chi connectivity index (χ1v) is 5.52. The molecule has 2 N–H and O–H groups in total. The van der Waals surface area contributed by atoms with Gasteiger partial charge in [0.2, 0.25) is 0 Å². The quantitative estimate of drug-likeness (QED) is 0.780. The number of nitrogens with zero attached hydrogens (tertiary/aromatic N) is 3. The van der Waals surface area contributed by atoms with Crippen molar-refractivity contribution in [3.05, 3.63) is 11.9 Å². The molecule has 1 saturated carbocycles. The van der Waals surface area contributed by atoms with E-state index in [1.807, 2.05) is 0 Å². The zero-order valence-electron chi connectivity index (χ0n) is 9.28. The highest BCUT2D eigenvalue weighted by Gasteiger charge is 2.25. The van der Waals surface area contributed by atoms with Crippen molar-refractivity contribution in [1.82, 2.24) is 15.0 Å². The molecule has 0 radical (unpaired) electrons. The molecule has 2 rings (SSSR count). The smallest absolute Gasteiger partial charge is 0.404 e. The van der Waals surface area contributed by atoms with Crippen molar-refractivity contribution in [2.75, 3.05) is 0 Å². The van der Waals surface area contributed by atoms with Gasteiger partial charge in [0, 0.05) is 0 Å². The van der Waals surface area contributed by atoms with Crippen LogP contribution in [0, 0.1) is 0 Å². The molecule has 0 aromatic carbocycles.